The Hall–Kier alpha value is -2.80. The molecule has 7 heteroatoms. The van der Waals surface area contributed by atoms with Gasteiger partial charge in [0.2, 0.25) is 17.7 Å². The van der Waals surface area contributed by atoms with Crippen LogP contribution in [0.3, 0.4) is 0 Å². The summed E-state index contributed by atoms with van der Waals surface area (Å²) in [7, 11) is 0. The first-order valence-corrected chi connectivity index (χ1v) is 8.85. The van der Waals surface area contributed by atoms with E-state index in [1.54, 1.807) is 0 Å². The number of nitrogens with one attached hydrogen (secondary N) is 1. The molecule has 0 spiro atoms. The van der Waals surface area contributed by atoms with Crippen molar-refractivity contribution in [2.75, 3.05) is 11.9 Å². The minimum atomic E-state index is -0.254. The normalized spacial score (nSPS) is 14.6. The van der Waals surface area contributed by atoms with Crippen LogP contribution < -0.4 is 5.32 Å². The second-order valence-corrected chi connectivity index (χ2v) is 6.92. The molecule has 6 nitrogen and oxygen atoms in total. The van der Waals surface area contributed by atoms with Crippen molar-refractivity contribution in [3.05, 3.63) is 36.4 Å². The van der Waals surface area contributed by atoms with E-state index in [4.69, 9.17) is 0 Å². The topological polar surface area (TPSA) is 79.4 Å². The minimum Gasteiger partial charge on any atom is -0.302 e. The zero-order valence-electron chi connectivity index (χ0n) is 13.3. The molecule has 2 heterocycles. The molecule has 0 atom stereocenters. The van der Waals surface area contributed by atoms with Crippen molar-refractivity contribution in [3.8, 4) is 0 Å². The molecule has 1 aromatic heterocycles. The zero-order valence-corrected chi connectivity index (χ0v) is 14.1. The number of rotatable bonds is 4. The van der Waals surface area contributed by atoms with E-state index in [9.17, 15) is 14.4 Å². The van der Waals surface area contributed by atoms with E-state index in [1.807, 2.05) is 36.4 Å². The Bertz CT molecular complexity index is 995. The number of amides is 3. The Labute approximate surface area is 147 Å². The highest BCUT2D eigenvalue weighted by Crippen LogP contribution is 2.31. The van der Waals surface area contributed by atoms with E-state index in [2.05, 4.69) is 10.3 Å². The fourth-order valence-electron chi connectivity index (χ4n) is 2.98. The maximum Gasteiger partial charge on any atom is 0.229 e. The van der Waals surface area contributed by atoms with Crippen molar-refractivity contribution in [1.29, 1.82) is 0 Å². The lowest BCUT2D eigenvalue weighted by Gasteiger charge is -2.12. The maximum atomic E-state index is 12.1. The third kappa shape index (κ3) is 2.98. The van der Waals surface area contributed by atoms with Gasteiger partial charge in [-0.3, -0.25) is 19.3 Å². The van der Waals surface area contributed by atoms with Gasteiger partial charge in [-0.2, -0.15) is 0 Å². The third-order valence-electron chi connectivity index (χ3n) is 4.25. The van der Waals surface area contributed by atoms with Crippen LogP contribution in [0, 0.1) is 0 Å². The number of fused-ring (bicyclic) bond motifs is 3. The average molecular weight is 353 g/mol. The van der Waals surface area contributed by atoms with Gasteiger partial charge in [-0.25, -0.2) is 4.98 Å². The number of carbonyl (C=O) groups is 3. The van der Waals surface area contributed by atoms with Crippen LogP contribution in [-0.2, 0) is 14.4 Å². The summed E-state index contributed by atoms with van der Waals surface area (Å²) in [6.07, 6.45) is 0.560. The highest BCUT2D eigenvalue weighted by atomic mass is 32.1. The summed E-state index contributed by atoms with van der Waals surface area (Å²) >= 11 is 1.41. The van der Waals surface area contributed by atoms with Gasteiger partial charge in [-0.1, -0.05) is 41.7 Å². The molecule has 0 saturated carbocycles. The number of nitrogens with zero attached hydrogens (tertiary/aromatic N) is 2. The molecule has 25 heavy (non-hydrogen) atoms. The summed E-state index contributed by atoms with van der Waals surface area (Å²) in [5.74, 6) is -0.663. The molecule has 1 aliphatic rings. The molecule has 126 valence electrons. The van der Waals surface area contributed by atoms with Crippen molar-refractivity contribution in [3.63, 3.8) is 0 Å². The van der Waals surface area contributed by atoms with Crippen LogP contribution in [0.1, 0.15) is 19.3 Å². The van der Waals surface area contributed by atoms with E-state index in [0.717, 1.165) is 25.9 Å². The number of hydrogen-bond donors (Lipinski definition) is 1. The molecule has 1 aliphatic heterocycles. The van der Waals surface area contributed by atoms with Crippen molar-refractivity contribution < 1.29 is 14.4 Å². The van der Waals surface area contributed by atoms with E-state index in [0.29, 0.717) is 5.13 Å². The lowest BCUT2D eigenvalue weighted by atomic mass is 10.1. The molecule has 0 unspecified atom stereocenters. The van der Waals surface area contributed by atoms with Gasteiger partial charge in [0, 0.05) is 31.2 Å². The van der Waals surface area contributed by atoms with E-state index >= 15 is 0 Å². The van der Waals surface area contributed by atoms with Crippen LogP contribution in [0.4, 0.5) is 5.13 Å². The fourth-order valence-corrected chi connectivity index (χ4v) is 3.88. The van der Waals surface area contributed by atoms with Crippen LogP contribution in [-0.4, -0.2) is 34.2 Å². The van der Waals surface area contributed by atoms with Crippen LogP contribution >= 0.6 is 11.3 Å². The van der Waals surface area contributed by atoms with Crippen LogP contribution in [0.5, 0.6) is 0 Å². The standard InChI is InChI=1S/C18H15N3O3S/c22-14(9-10-21-15(23)7-8-16(21)24)19-18-20-17-12-4-2-1-3-11(12)5-6-13(17)25-18/h1-6H,7-10H2,(H,19,20,22). The summed E-state index contributed by atoms with van der Waals surface area (Å²) in [4.78, 5) is 40.9. The third-order valence-corrected chi connectivity index (χ3v) is 5.18. The number of carbonyl (C=O) groups excluding carboxylic acids is 3. The van der Waals surface area contributed by atoms with Crippen LogP contribution in [0.25, 0.3) is 21.0 Å². The largest absolute Gasteiger partial charge is 0.302 e. The molecule has 4 rings (SSSR count). The van der Waals surface area contributed by atoms with Gasteiger partial charge >= 0.3 is 0 Å². The Kier molecular flexibility index (Phi) is 3.93. The van der Waals surface area contributed by atoms with Gasteiger partial charge in [0.1, 0.15) is 0 Å². The Morgan fingerprint density at radius 1 is 1.12 bits per heavy atom. The first-order valence-electron chi connectivity index (χ1n) is 8.03. The lowest BCUT2D eigenvalue weighted by molar-refractivity contribution is -0.138. The molecule has 1 N–H and O–H groups in total. The van der Waals surface area contributed by atoms with Crippen molar-refractivity contribution in [2.45, 2.75) is 19.3 Å². The second kappa shape index (κ2) is 6.25. The molecular formula is C18H15N3O3S. The van der Waals surface area contributed by atoms with Gasteiger partial charge in [-0.15, -0.1) is 0 Å². The number of anilines is 1. The van der Waals surface area contributed by atoms with Crippen molar-refractivity contribution in [2.24, 2.45) is 0 Å². The Morgan fingerprint density at radius 3 is 2.68 bits per heavy atom. The number of likely N-dealkylation sites (tertiary alicyclic amines) is 1. The number of thiazole rings is 1. The predicted molar refractivity (Wildman–Crippen MR) is 96.3 cm³/mol. The zero-order chi connectivity index (χ0) is 17.4. The van der Waals surface area contributed by atoms with Gasteiger partial charge in [-0.05, 0) is 11.5 Å². The van der Waals surface area contributed by atoms with Crippen molar-refractivity contribution >= 4 is 55.2 Å². The quantitative estimate of drug-likeness (QED) is 0.732. The Morgan fingerprint density at radius 2 is 1.88 bits per heavy atom. The minimum absolute atomic E-state index is 0.0775. The first-order chi connectivity index (χ1) is 12.1. The molecule has 2 aromatic carbocycles. The lowest BCUT2D eigenvalue weighted by Crippen LogP contribution is -2.32. The summed E-state index contributed by atoms with van der Waals surface area (Å²) in [6.45, 7) is 0.122. The maximum absolute atomic E-state index is 12.1. The molecule has 3 amide bonds. The predicted octanol–water partition coefficient (Wildman–Crippen LogP) is 2.93. The number of aromatic nitrogens is 1. The van der Waals surface area contributed by atoms with E-state index < -0.39 is 0 Å². The fraction of sp³-hybridized carbons (Fsp3) is 0.222. The van der Waals surface area contributed by atoms with Gasteiger partial charge in [0.15, 0.2) is 5.13 Å². The monoisotopic (exact) mass is 353 g/mol. The summed E-state index contributed by atoms with van der Waals surface area (Å²) in [5, 5.41) is 5.44. The summed E-state index contributed by atoms with van der Waals surface area (Å²) in [6, 6.07) is 12.0. The van der Waals surface area contributed by atoms with Gasteiger partial charge in [0.05, 0.1) is 10.2 Å². The van der Waals surface area contributed by atoms with Crippen LogP contribution in [0.15, 0.2) is 36.4 Å². The number of imide groups is 1. The molecule has 1 fully saturated rings. The molecular weight excluding hydrogens is 338 g/mol. The van der Waals surface area contributed by atoms with E-state index in [1.165, 1.54) is 11.3 Å². The number of hydrogen-bond acceptors (Lipinski definition) is 5. The summed E-state index contributed by atoms with van der Waals surface area (Å²) in [5.41, 5.74) is 0.864. The second-order valence-electron chi connectivity index (χ2n) is 5.89. The smallest absolute Gasteiger partial charge is 0.229 e. The van der Waals surface area contributed by atoms with Gasteiger partial charge < -0.3 is 5.32 Å². The molecule has 1 saturated heterocycles. The SMILES string of the molecule is O=C(CCN1C(=O)CCC1=O)Nc1nc2c(ccc3ccccc32)s1. The number of benzene rings is 2. The Balaban J connectivity index is 1.49. The highest BCUT2D eigenvalue weighted by molar-refractivity contribution is 7.22. The van der Waals surface area contributed by atoms with E-state index in [-0.39, 0.29) is 43.5 Å². The van der Waals surface area contributed by atoms with Gasteiger partial charge in [0.25, 0.3) is 0 Å². The summed E-state index contributed by atoms with van der Waals surface area (Å²) < 4.78 is 0.999. The average Bonchev–Trinajstić information content (AvgIpc) is 3.16. The van der Waals surface area contributed by atoms with Crippen molar-refractivity contribution in [1.82, 2.24) is 9.88 Å². The molecule has 0 aliphatic carbocycles. The molecule has 0 bridgehead atoms. The highest BCUT2D eigenvalue weighted by Gasteiger charge is 2.28. The van der Waals surface area contributed by atoms with Crippen LogP contribution in [0.2, 0.25) is 0 Å². The first kappa shape index (κ1) is 15.7. The molecule has 3 aromatic rings. The molecule has 0 radical (unpaired) electrons.